The zero-order valence-corrected chi connectivity index (χ0v) is 12.2. The van der Waals surface area contributed by atoms with Crippen molar-refractivity contribution in [3.63, 3.8) is 0 Å². The van der Waals surface area contributed by atoms with Crippen LogP contribution in [0.25, 0.3) is 0 Å². The minimum Gasteiger partial charge on any atom is -0.379 e. The van der Waals surface area contributed by atoms with Crippen molar-refractivity contribution in [3.05, 3.63) is 28.5 Å². The highest BCUT2D eigenvalue weighted by atomic mass is 79.9. The minimum absolute atomic E-state index is 0.343. The lowest BCUT2D eigenvalue weighted by Gasteiger charge is -2.08. The van der Waals surface area contributed by atoms with Crippen LogP contribution in [0.3, 0.4) is 0 Å². The topological polar surface area (TPSA) is 34.1 Å². The van der Waals surface area contributed by atoms with Crippen molar-refractivity contribution in [2.45, 2.75) is 39.3 Å². The van der Waals surface area contributed by atoms with E-state index < -0.39 is 0 Å². The SMILES string of the molecule is CC(C)OCCCCNCc1cncc(Br)c1. The van der Waals surface area contributed by atoms with E-state index in [4.69, 9.17) is 4.74 Å². The van der Waals surface area contributed by atoms with Crippen molar-refractivity contribution < 1.29 is 4.74 Å². The first-order chi connectivity index (χ1) is 8.18. The second-order valence-electron chi connectivity index (χ2n) is 4.31. The molecule has 1 aromatic heterocycles. The van der Waals surface area contributed by atoms with Crippen LogP contribution in [0.1, 0.15) is 32.3 Å². The summed E-state index contributed by atoms with van der Waals surface area (Å²) in [7, 11) is 0. The molecular weight excluding hydrogens is 280 g/mol. The Balaban J connectivity index is 2.01. The normalized spacial score (nSPS) is 11.1. The highest BCUT2D eigenvalue weighted by Crippen LogP contribution is 2.09. The van der Waals surface area contributed by atoms with Gasteiger partial charge in [0.15, 0.2) is 0 Å². The molecule has 0 saturated heterocycles. The molecule has 0 aliphatic carbocycles. The smallest absolute Gasteiger partial charge is 0.0518 e. The van der Waals surface area contributed by atoms with Gasteiger partial charge in [-0.05, 0) is 60.8 Å². The number of halogens is 1. The molecule has 4 heteroatoms. The molecule has 0 bridgehead atoms. The van der Waals surface area contributed by atoms with Gasteiger partial charge in [-0.3, -0.25) is 4.98 Å². The van der Waals surface area contributed by atoms with Crippen LogP contribution in [0.15, 0.2) is 22.9 Å². The molecule has 1 N–H and O–H groups in total. The van der Waals surface area contributed by atoms with E-state index in [1.54, 1.807) is 6.20 Å². The van der Waals surface area contributed by atoms with E-state index in [1.807, 2.05) is 6.20 Å². The molecule has 0 fully saturated rings. The van der Waals surface area contributed by atoms with Crippen molar-refractivity contribution in [2.75, 3.05) is 13.2 Å². The molecule has 0 radical (unpaired) electrons. The monoisotopic (exact) mass is 300 g/mol. The van der Waals surface area contributed by atoms with Gasteiger partial charge in [-0.2, -0.15) is 0 Å². The maximum Gasteiger partial charge on any atom is 0.0518 e. The summed E-state index contributed by atoms with van der Waals surface area (Å²) in [6.45, 7) is 6.89. The van der Waals surface area contributed by atoms with Gasteiger partial charge in [0.25, 0.3) is 0 Å². The quantitative estimate of drug-likeness (QED) is 0.749. The average molecular weight is 301 g/mol. The summed E-state index contributed by atoms with van der Waals surface area (Å²) in [4.78, 5) is 4.13. The Labute approximate surface area is 112 Å². The third-order valence-corrected chi connectivity index (χ3v) is 2.72. The number of ether oxygens (including phenoxy) is 1. The van der Waals surface area contributed by atoms with Crippen LogP contribution in [0.4, 0.5) is 0 Å². The van der Waals surface area contributed by atoms with E-state index in [0.29, 0.717) is 6.10 Å². The van der Waals surface area contributed by atoms with Crippen LogP contribution in [-0.2, 0) is 11.3 Å². The summed E-state index contributed by atoms with van der Waals surface area (Å²) in [5.41, 5.74) is 1.21. The predicted molar refractivity (Wildman–Crippen MR) is 74.0 cm³/mol. The molecule has 17 heavy (non-hydrogen) atoms. The van der Waals surface area contributed by atoms with Crippen molar-refractivity contribution >= 4 is 15.9 Å². The van der Waals surface area contributed by atoms with E-state index in [0.717, 1.165) is 37.0 Å². The van der Waals surface area contributed by atoms with Crippen LogP contribution in [-0.4, -0.2) is 24.2 Å². The van der Waals surface area contributed by atoms with Crippen molar-refractivity contribution in [1.29, 1.82) is 0 Å². The van der Waals surface area contributed by atoms with Crippen molar-refractivity contribution in [3.8, 4) is 0 Å². The van der Waals surface area contributed by atoms with Crippen LogP contribution < -0.4 is 5.32 Å². The molecule has 1 heterocycles. The van der Waals surface area contributed by atoms with E-state index in [2.05, 4.69) is 46.1 Å². The summed E-state index contributed by atoms with van der Waals surface area (Å²) >= 11 is 3.41. The Bertz CT molecular complexity index is 318. The molecule has 0 unspecified atom stereocenters. The molecule has 0 aliphatic rings. The van der Waals surface area contributed by atoms with Gasteiger partial charge in [0, 0.05) is 30.0 Å². The van der Waals surface area contributed by atoms with Crippen LogP contribution >= 0.6 is 15.9 Å². The molecule has 96 valence electrons. The molecule has 0 aromatic carbocycles. The Kier molecular flexibility index (Phi) is 7.40. The maximum atomic E-state index is 5.48. The summed E-state index contributed by atoms with van der Waals surface area (Å²) < 4.78 is 6.51. The standard InChI is InChI=1S/C13H21BrN2O/c1-11(2)17-6-4-3-5-15-8-12-7-13(14)10-16-9-12/h7,9-11,15H,3-6,8H2,1-2H3. The Morgan fingerprint density at radius 2 is 2.18 bits per heavy atom. The minimum atomic E-state index is 0.343. The molecule has 0 atom stereocenters. The van der Waals surface area contributed by atoms with E-state index >= 15 is 0 Å². The highest BCUT2D eigenvalue weighted by Gasteiger charge is 1.96. The summed E-state index contributed by atoms with van der Waals surface area (Å²) in [6, 6.07) is 2.09. The van der Waals surface area contributed by atoms with E-state index in [1.165, 1.54) is 5.56 Å². The molecule has 0 saturated carbocycles. The van der Waals surface area contributed by atoms with E-state index in [9.17, 15) is 0 Å². The second kappa shape index (κ2) is 8.61. The molecule has 1 rings (SSSR count). The Morgan fingerprint density at radius 3 is 2.88 bits per heavy atom. The predicted octanol–water partition coefficient (Wildman–Crippen LogP) is 3.14. The van der Waals surface area contributed by atoms with Gasteiger partial charge in [-0.15, -0.1) is 0 Å². The fourth-order valence-corrected chi connectivity index (χ4v) is 1.87. The molecule has 3 nitrogen and oxygen atoms in total. The largest absolute Gasteiger partial charge is 0.379 e. The molecule has 0 amide bonds. The van der Waals surface area contributed by atoms with Gasteiger partial charge >= 0.3 is 0 Å². The summed E-state index contributed by atoms with van der Waals surface area (Å²) in [6.07, 6.45) is 6.29. The van der Waals surface area contributed by atoms with Crippen LogP contribution in [0.5, 0.6) is 0 Å². The first kappa shape index (κ1) is 14.6. The lowest BCUT2D eigenvalue weighted by atomic mass is 10.2. The van der Waals surface area contributed by atoms with Gasteiger partial charge in [0.2, 0.25) is 0 Å². The van der Waals surface area contributed by atoms with Crippen LogP contribution in [0.2, 0.25) is 0 Å². The number of nitrogens with zero attached hydrogens (tertiary/aromatic N) is 1. The fraction of sp³-hybridized carbons (Fsp3) is 0.615. The molecule has 0 spiro atoms. The molecular formula is C13H21BrN2O. The molecule has 0 aliphatic heterocycles. The van der Waals surface area contributed by atoms with Gasteiger partial charge in [0.05, 0.1) is 6.10 Å². The van der Waals surface area contributed by atoms with Gasteiger partial charge in [-0.25, -0.2) is 0 Å². The number of aromatic nitrogens is 1. The number of unbranched alkanes of at least 4 members (excludes halogenated alkanes) is 1. The van der Waals surface area contributed by atoms with Crippen LogP contribution in [0, 0.1) is 0 Å². The van der Waals surface area contributed by atoms with Crippen molar-refractivity contribution in [1.82, 2.24) is 10.3 Å². The van der Waals surface area contributed by atoms with Gasteiger partial charge in [-0.1, -0.05) is 0 Å². The maximum absolute atomic E-state index is 5.48. The zero-order valence-electron chi connectivity index (χ0n) is 10.6. The number of hydrogen-bond donors (Lipinski definition) is 1. The summed E-state index contributed by atoms with van der Waals surface area (Å²) in [5.74, 6) is 0. The van der Waals surface area contributed by atoms with Gasteiger partial charge < -0.3 is 10.1 Å². The van der Waals surface area contributed by atoms with Crippen molar-refractivity contribution in [2.24, 2.45) is 0 Å². The Morgan fingerprint density at radius 1 is 1.35 bits per heavy atom. The third kappa shape index (κ3) is 7.47. The number of hydrogen-bond acceptors (Lipinski definition) is 3. The average Bonchev–Trinajstić information content (AvgIpc) is 2.27. The first-order valence-corrected chi connectivity index (χ1v) is 6.89. The number of rotatable bonds is 8. The highest BCUT2D eigenvalue weighted by molar-refractivity contribution is 9.10. The van der Waals surface area contributed by atoms with Gasteiger partial charge in [0.1, 0.15) is 0 Å². The number of nitrogens with one attached hydrogen (secondary N) is 1. The first-order valence-electron chi connectivity index (χ1n) is 6.10. The third-order valence-electron chi connectivity index (χ3n) is 2.29. The fourth-order valence-electron chi connectivity index (χ4n) is 1.46. The lowest BCUT2D eigenvalue weighted by molar-refractivity contribution is 0.0760. The summed E-state index contributed by atoms with van der Waals surface area (Å²) in [5, 5.41) is 3.40. The zero-order chi connectivity index (χ0) is 12.5. The molecule has 1 aromatic rings. The van der Waals surface area contributed by atoms with E-state index in [-0.39, 0.29) is 0 Å². The Hall–Kier alpha value is -0.450. The number of pyridine rings is 1. The lowest BCUT2D eigenvalue weighted by Crippen LogP contribution is -2.15. The second-order valence-corrected chi connectivity index (χ2v) is 5.23.